The molecule has 9 heteroatoms. The second-order valence-corrected chi connectivity index (χ2v) is 9.05. The van der Waals surface area contributed by atoms with Gasteiger partial charge in [0.2, 0.25) is 0 Å². The Kier molecular flexibility index (Phi) is 3.47. The molecule has 0 amide bonds. The Morgan fingerprint density at radius 3 is 2.65 bits per heavy atom. The van der Waals surface area contributed by atoms with Crippen LogP contribution in [0.15, 0.2) is 31.6 Å². The Labute approximate surface area is 112 Å². The molecule has 1 aromatic heterocycles. The molecule has 1 aliphatic heterocycles. The first-order valence-electron chi connectivity index (χ1n) is 4.46. The van der Waals surface area contributed by atoms with Crippen molar-refractivity contribution in [1.29, 1.82) is 0 Å². The quantitative estimate of drug-likeness (QED) is 0.878. The molecule has 0 aliphatic carbocycles. The molecule has 5 nitrogen and oxygen atoms in total. The van der Waals surface area contributed by atoms with Crippen LogP contribution in [0, 0.1) is 0 Å². The van der Waals surface area contributed by atoms with Gasteiger partial charge in [0.15, 0.2) is 9.84 Å². The van der Waals surface area contributed by atoms with Gasteiger partial charge in [-0.05, 0) is 27.4 Å². The molecule has 0 saturated carbocycles. The molecule has 0 saturated heterocycles. The number of hydrogen-bond acceptors (Lipinski definition) is 5. The number of sulfone groups is 1. The third-order valence-corrected chi connectivity index (χ3v) is 7.62. The summed E-state index contributed by atoms with van der Waals surface area (Å²) >= 11 is 4.20. The second kappa shape index (κ2) is 4.47. The number of sulfonamides is 1. The highest BCUT2D eigenvalue weighted by Gasteiger charge is 2.28. The lowest BCUT2D eigenvalue weighted by molar-refractivity contribution is 0.576. The molecule has 0 radical (unpaired) electrons. The predicted octanol–water partition coefficient (Wildman–Crippen LogP) is 1.10. The van der Waals surface area contributed by atoms with Gasteiger partial charge in [-0.3, -0.25) is 0 Å². The maximum absolute atomic E-state index is 11.9. The van der Waals surface area contributed by atoms with Crippen molar-refractivity contribution < 1.29 is 16.8 Å². The van der Waals surface area contributed by atoms with Crippen LogP contribution in [-0.4, -0.2) is 28.6 Å². The summed E-state index contributed by atoms with van der Waals surface area (Å²) < 4.78 is 49.1. The van der Waals surface area contributed by atoms with Crippen LogP contribution >= 0.6 is 27.3 Å². The minimum atomic E-state index is -3.68. The van der Waals surface area contributed by atoms with E-state index in [2.05, 4.69) is 20.7 Å². The van der Waals surface area contributed by atoms with Gasteiger partial charge in [-0.2, -0.15) is 0 Å². The Hall–Kier alpha value is -0.220. The van der Waals surface area contributed by atoms with Gasteiger partial charge in [-0.1, -0.05) is 6.08 Å². The molecule has 17 heavy (non-hydrogen) atoms. The van der Waals surface area contributed by atoms with Gasteiger partial charge in [0.1, 0.15) is 4.21 Å². The average molecular weight is 358 g/mol. The van der Waals surface area contributed by atoms with E-state index >= 15 is 0 Å². The molecule has 1 aromatic rings. The fourth-order valence-electron chi connectivity index (χ4n) is 1.37. The van der Waals surface area contributed by atoms with E-state index in [1.165, 1.54) is 6.08 Å². The van der Waals surface area contributed by atoms with Gasteiger partial charge in [0.25, 0.3) is 10.0 Å². The highest BCUT2D eigenvalue weighted by molar-refractivity contribution is 9.10. The van der Waals surface area contributed by atoms with Gasteiger partial charge in [0, 0.05) is 9.88 Å². The lowest BCUT2D eigenvalue weighted by Gasteiger charge is -2.09. The zero-order valence-corrected chi connectivity index (χ0v) is 12.4. The SMILES string of the molecule is O=S1(=O)C=CC(NS(=O)(=O)c2sccc2Br)C1. The van der Waals surface area contributed by atoms with Gasteiger partial charge in [0.05, 0.1) is 11.8 Å². The van der Waals surface area contributed by atoms with Crippen molar-refractivity contribution in [3.05, 3.63) is 27.4 Å². The van der Waals surface area contributed by atoms with E-state index in [9.17, 15) is 16.8 Å². The summed E-state index contributed by atoms with van der Waals surface area (Å²) in [6.45, 7) is 0. The monoisotopic (exact) mass is 357 g/mol. The normalized spacial score (nSPS) is 23.0. The van der Waals surface area contributed by atoms with E-state index in [-0.39, 0.29) is 9.96 Å². The number of rotatable bonds is 3. The predicted molar refractivity (Wildman–Crippen MR) is 69.1 cm³/mol. The van der Waals surface area contributed by atoms with Crippen molar-refractivity contribution in [2.45, 2.75) is 10.3 Å². The summed E-state index contributed by atoms with van der Waals surface area (Å²) in [5, 5.41) is 2.67. The van der Waals surface area contributed by atoms with Crippen LogP contribution < -0.4 is 4.72 Å². The molecule has 1 aliphatic rings. The second-order valence-electron chi connectivity index (χ2n) is 3.44. The Morgan fingerprint density at radius 1 is 1.47 bits per heavy atom. The first kappa shape index (κ1) is 13.2. The first-order chi connectivity index (χ1) is 7.80. The third kappa shape index (κ3) is 2.97. The van der Waals surface area contributed by atoms with E-state index in [1.807, 2.05) is 0 Å². The average Bonchev–Trinajstić information content (AvgIpc) is 2.72. The molecule has 0 fully saturated rings. The molecular formula is C8H8BrNO4S3. The van der Waals surface area contributed by atoms with Crippen LogP contribution in [0.3, 0.4) is 0 Å². The highest BCUT2D eigenvalue weighted by Crippen LogP contribution is 2.27. The molecule has 0 spiro atoms. The van der Waals surface area contributed by atoms with Crippen LogP contribution in [0.4, 0.5) is 0 Å². The van der Waals surface area contributed by atoms with E-state index in [1.54, 1.807) is 11.4 Å². The van der Waals surface area contributed by atoms with E-state index in [0.717, 1.165) is 16.7 Å². The molecule has 94 valence electrons. The van der Waals surface area contributed by atoms with Gasteiger partial charge in [-0.15, -0.1) is 11.3 Å². The fraction of sp³-hybridized carbons (Fsp3) is 0.250. The molecule has 0 aromatic carbocycles. The van der Waals surface area contributed by atoms with Crippen LogP contribution in [0.25, 0.3) is 0 Å². The van der Waals surface area contributed by atoms with Crippen molar-refractivity contribution in [1.82, 2.24) is 4.72 Å². The smallest absolute Gasteiger partial charge is 0.224 e. The van der Waals surface area contributed by atoms with Crippen LogP contribution in [0.5, 0.6) is 0 Å². The van der Waals surface area contributed by atoms with Crippen LogP contribution in [0.2, 0.25) is 0 Å². The summed E-state index contributed by atoms with van der Waals surface area (Å²) in [6.07, 6.45) is 1.34. The summed E-state index contributed by atoms with van der Waals surface area (Å²) in [6, 6.07) is 0.930. The molecule has 2 rings (SSSR count). The number of nitrogens with one attached hydrogen (secondary N) is 1. The zero-order valence-electron chi connectivity index (χ0n) is 8.33. The summed E-state index contributed by atoms with van der Waals surface area (Å²) in [4.78, 5) is 0. The Morgan fingerprint density at radius 2 is 2.18 bits per heavy atom. The minimum Gasteiger partial charge on any atom is -0.224 e. The van der Waals surface area contributed by atoms with E-state index in [4.69, 9.17) is 0 Å². The zero-order chi connectivity index (χ0) is 12.7. The Bertz CT molecular complexity index is 659. The molecule has 2 heterocycles. The number of hydrogen-bond donors (Lipinski definition) is 1. The third-order valence-electron chi connectivity index (χ3n) is 2.07. The highest BCUT2D eigenvalue weighted by atomic mass is 79.9. The lowest BCUT2D eigenvalue weighted by atomic mass is 10.4. The van der Waals surface area contributed by atoms with Crippen molar-refractivity contribution in [3.63, 3.8) is 0 Å². The molecule has 1 N–H and O–H groups in total. The topological polar surface area (TPSA) is 80.3 Å². The van der Waals surface area contributed by atoms with Crippen molar-refractivity contribution in [2.24, 2.45) is 0 Å². The number of halogens is 1. The summed E-state index contributed by atoms with van der Waals surface area (Å²) in [5.74, 6) is -0.227. The molecule has 1 atom stereocenters. The van der Waals surface area contributed by atoms with Crippen molar-refractivity contribution in [3.8, 4) is 0 Å². The molecular weight excluding hydrogens is 350 g/mol. The standard InChI is InChI=1S/C8H8BrNO4S3/c9-7-1-3-15-8(7)17(13,14)10-6-2-4-16(11,12)5-6/h1-4,6,10H,5H2. The Balaban J connectivity index is 2.21. The maximum Gasteiger partial charge on any atom is 0.251 e. The fourth-order valence-corrected chi connectivity index (χ4v) is 6.26. The summed E-state index contributed by atoms with van der Waals surface area (Å²) in [7, 11) is -6.94. The first-order valence-corrected chi connectivity index (χ1v) is 9.33. The van der Waals surface area contributed by atoms with Crippen LogP contribution in [-0.2, 0) is 19.9 Å². The van der Waals surface area contributed by atoms with Crippen LogP contribution in [0.1, 0.15) is 0 Å². The lowest BCUT2D eigenvalue weighted by Crippen LogP contribution is -2.35. The molecule has 0 bridgehead atoms. The van der Waals surface area contributed by atoms with E-state index in [0.29, 0.717) is 4.47 Å². The van der Waals surface area contributed by atoms with Crippen molar-refractivity contribution in [2.75, 3.05) is 5.75 Å². The van der Waals surface area contributed by atoms with Gasteiger partial charge in [-0.25, -0.2) is 21.6 Å². The number of thiophene rings is 1. The van der Waals surface area contributed by atoms with Gasteiger partial charge < -0.3 is 0 Å². The minimum absolute atomic E-state index is 0.148. The van der Waals surface area contributed by atoms with Gasteiger partial charge >= 0.3 is 0 Å². The largest absolute Gasteiger partial charge is 0.251 e. The van der Waals surface area contributed by atoms with Crippen molar-refractivity contribution >= 4 is 47.1 Å². The molecule has 1 unspecified atom stereocenters. The maximum atomic E-state index is 11.9. The van der Waals surface area contributed by atoms with E-state index < -0.39 is 25.9 Å². The summed E-state index contributed by atoms with van der Waals surface area (Å²) in [5.41, 5.74) is 0.